The predicted octanol–water partition coefficient (Wildman–Crippen LogP) is 1.33. The summed E-state index contributed by atoms with van der Waals surface area (Å²) in [4.78, 5) is 78.4. The number of hydrogen-bond donors (Lipinski definition) is 3. The second-order valence-corrected chi connectivity index (χ2v) is 11.2. The fourth-order valence-electron chi connectivity index (χ4n) is 7.40. The zero-order valence-corrected chi connectivity index (χ0v) is 21.9. The smallest absolute Gasteiger partial charge is 0.305 e. The van der Waals surface area contributed by atoms with Gasteiger partial charge in [0.25, 0.3) is 0 Å². The number of rotatable bonds is 7. The number of nitrogens with zero attached hydrogens (tertiary/aromatic N) is 2. The predicted molar refractivity (Wildman–Crippen MR) is 137 cm³/mol. The van der Waals surface area contributed by atoms with Crippen LogP contribution in [0.15, 0.2) is 41.7 Å². The summed E-state index contributed by atoms with van der Waals surface area (Å²) in [6.07, 6.45) is 3.31. The van der Waals surface area contributed by atoms with E-state index in [1.165, 1.54) is 12.3 Å². The summed E-state index contributed by atoms with van der Waals surface area (Å²) >= 11 is 0. The van der Waals surface area contributed by atoms with Crippen LogP contribution in [0.25, 0.3) is 0 Å². The minimum atomic E-state index is -1.15. The Bertz CT molecular complexity index is 1460. The van der Waals surface area contributed by atoms with Gasteiger partial charge in [0.1, 0.15) is 11.5 Å². The van der Waals surface area contributed by atoms with Crippen LogP contribution in [0.3, 0.4) is 0 Å². The number of carbonyl (C=O) groups excluding carboxylic acids is 4. The molecule has 0 radical (unpaired) electrons. The first-order valence-corrected chi connectivity index (χ1v) is 13.6. The van der Waals surface area contributed by atoms with Crippen molar-refractivity contribution in [3.63, 3.8) is 0 Å². The van der Waals surface area contributed by atoms with Gasteiger partial charge in [-0.2, -0.15) is 0 Å². The van der Waals surface area contributed by atoms with Gasteiger partial charge >= 0.3 is 11.9 Å². The third kappa shape index (κ3) is 4.28. The van der Waals surface area contributed by atoms with E-state index in [1.807, 2.05) is 6.08 Å². The molecule has 6 atom stereocenters. The van der Waals surface area contributed by atoms with Crippen molar-refractivity contribution >= 4 is 35.6 Å². The van der Waals surface area contributed by atoms with Crippen molar-refractivity contribution in [3.8, 4) is 11.5 Å². The number of fused-ring (bicyclic) bond motifs is 5. The van der Waals surface area contributed by atoms with Gasteiger partial charge in [0.05, 0.1) is 42.8 Å². The van der Waals surface area contributed by atoms with Crippen molar-refractivity contribution in [1.82, 2.24) is 9.80 Å². The minimum Gasteiger partial charge on any atom is -0.508 e. The number of carboxylic acid groups (broad SMARTS) is 2. The molecule has 1 saturated carbocycles. The first kappa shape index (κ1) is 26.7. The largest absolute Gasteiger partial charge is 0.508 e. The average Bonchev–Trinajstić information content (AvgIpc) is 3.32. The van der Waals surface area contributed by atoms with Gasteiger partial charge in [0.2, 0.25) is 23.6 Å². The molecule has 1 aromatic rings. The van der Waals surface area contributed by atoms with E-state index in [0.29, 0.717) is 23.3 Å². The fourth-order valence-corrected chi connectivity index (χ4v) is 7.40. The van der Waals surface area contributed by atoms with E-state index in [9.17, 15) is 39.0 Å². The van der Waals surface area contributed by atoms with E-state index in [-0.39, 0.29) is 38.1 Å². The monoisotopic (exact) mass is 564 g/mol. The lowest BCUT2D eigenvalue weighted by Crippen LogP contribution is -2.45. The molecular weight excluding hydrogens is 536 g/mol. The molecule has 3 N–H and O–H groups in total. The number of phenols is 1. The number of phenolic OH excluding ortho intramolecular Hbond substituents is 1. The number of benzene rings is 1. The Kier molecular flexibility index (Phi) is 6.43. The molecule has 3 aliphatic heterocycles. The number of hydrogen-bond acceptors (Lipinski definition) is 8. The molecule has 2 saturated heterocycles. The molecule has 6 unspecified atom stereocenters. The molecule has 1 aromatic carbocycles. The number of aromatic hydroxyl groups is 1. The van der Waals surface area contributed by atoms with Crippen LogP contribution >= 0.6 is 0 Å². The third-order valence-corrected chi connectivity index (χ3v) is 9.10. The maximum atomic E-state index is 13.7. The summed E-state index contributed by atoms with van der Waals surface area (Å²) in [5.41, 5.74) is 2.11. The number of allylic oxidation sites excluding steroid dienone is 3. The van der Waals surface area contributed by atoms with Crippen LogP contribution in [0.4, 0.5) is 0 Å². The van der Waals surface area contributed by atoms with E-state index < -0.39 is 77.5 Å². The van der Waals surface area contributed by atoms with Crippen LogP contribution in [-0.4, -0.2) is 73.8 Å². The summed E-state index contributed by atoms with van der Waals surface area (Å²) in [5, 5.41) is 28.3. The highest BCUT2D eigenvalue weighted by atomic mass is 16.5. The second kappa shape index (κ2) is 9.86. The van der Waals surface area contributed by atoms with Crippen molar-refractivity contribution in [2.45, 2.75) is 32.1 Å². The van der Waals surface area contributed by atoms with Crippen LogP contribution in [0, 0.1) is 35.5 Å². The molecule has 0 aromatic heterocycles. The Morgan fingerprint density at radius 2 is 1.49 bits per heavy atom. The standard InChI is InChI=1S/C29H28N2O10/c32-15-1-4-20-13(10-15)9-14(12-41-20)23-16-2-3-17-24(28(39)30(26(17)37)7-5-21(33)34)18(16)11-19-25(23)29(40)31(27(19)38)8-6-22(35)36/h1-2,4,10,12,17-19,23-25,32H,3,5-9,11H2,(H,33,34)(H,35,36). The Balaban J connectivity index is 1.39. The van der Waals surface area contributed by atoms with Gasteiger partial charge in [-0.3, -0.25) is 38.6 Å². The molecule has 4 amide bonds. The molecule has 0 spiro atoms. The maximum Gasteiger partial charge on any atom is 0.305 e. The number of carbonyl (C=O) groups is 6. The zero-order valence-electron chi connectivity index (χ0n) is 21.9. The van der Waals surface area contributed by atoms with Crippen LogP contribution in [0.1, 0.15) is 31.2 Å². The molecule has 214 valence electrons. The van der Waals surface area contributed by atoms with Crippen molar-refractivity contribution in [3.05, 3.63) is 47.2 Å². The normalized spacial score (nSPS) is 30.1. The molecule has 5 aliphatic rings. The first-order valence-electron chi connectivity index (χ1n) is 13.6. The number of aliphatic carboxylic acids is 2. The average molecular weight is 565 g/mol. The van der Waals surface area contributed by atoms with Crippen molar-refractivity contribution in [1.29, 1.82) is 0 Å². The van der Waals surface area contributed by atoms with Crippen molar-refractivity contribution < 1.29 is 48.8 Å². The van der Waals surface area contributed by atoms with Gasteiger partial charge in [-0.15, -0.1) is 0 Å². The summed E-state index contributed by atoms with van der Waals surface area (Å²) < 4.78 is 5.86. The van der Waals surface area contributed by atoms with Crippen LogP contribution < -0.4 is 4.74 Å². The summed E-state index contributed by atoms with van der Waals surface area (Å²) in [6.45, 7) is -0.508. The SMILES string of the molecule is O=C(O)CCN1C(=O)C2CC=C3C(CC4C(=O)N(CCC(=O)O)C(=O)C4C3C3=COc4ccc(O)cc4C3)C2C1=O. The summed E-state index contributed by atoms with van der Waals surface area (Å²) in [5.74, 6) is -7.92. The summed E-state index contributed by atoms with van der Waals surface area (Å²) in [6, 6.07) is 4.68. The maximum absolute atomic E-state index is 13.7. The molecular formula is C29H28N2O10. The van der Waals surface area contributed by atoms with Gasteiger partial charge < -0.3 is 20.1 Å². The number of likely N-dealkylation sites (tertiary alicyclic amines) is 2. The van der Waals surface area contributed by atoms with E-state index in [1.54, 1.807) is 12.1 Å². The van der Waals surface area contributed by atoms with Crippen LogP contribution in [0.2, 0.25) is 0 Å². The number of carboxylic acids is 2. The number of ether oxygens (including phenoxy) is 1. The fraction of sp³-hybridized carbons (Fsp3) is 0.448. The second-order valence-electron chi connectivity index (χ2n) is 11.2. The van der Waals surface area contributed by atoms with Crippen LogP contribution in [-0.2, 0) is 35.2 Å². The van der Waals surface area contributed by atoms with E-state index in [4.69, 9.17) is 9.84 Å². The van der Waals surface area contributed by atoms with Gasteiger partial charge in [-0.05, 0) is 42.5 Å². The van der Waals surface area contributed by atoms with E-state index >= 15 is 0 Å². The molecule has 12 nitrogen and oxygen atoms in total. The van der Waals surface area contributed by atoms with Gasteiger partial charge in [-0.1, -0.05) is 11.6 Å². The summed E-state index contributed by atoms with van der Waals surface area (Å²) in [7, 11) is 0. The molecule has 3 fully saturated rings. The van der Waals surface area contributed by atoms with Crippen molar-refractivity contribution in [2.24, 2.45) is 35.5 Å². The van der Waals surface area contributed by atoms with Gasteiger partial charge in [0.15, 0.2) is 0 Å². The van der Waals surface area contributed by atoms with Gasteiger partial charge in [-0.25, -0.2) is 0 Å². The highest BCUT2D eigenvalue weighted by Gasteiger charge is 2.62. The Morgan fingerprint density at radius 3 is 2.15 bits per heavy atom. The molecule has 41 heavy (non-hydrogen) atoms. The topological polar surface area (TPSA) is 179 Å². The minimum absolute atomic E-state index is 0.0382. The lowest BCUT2D eigenvalue weighted by molar-refractivity contribution is -0.145. The molecule has 0 bridgehead atoms. The molecule has 2 aliphatic carbocycles. The van der Waals surface area contributed by atoms with Crippen molar-refractivity contribution in [2.75, 3.05) is 13.1 Å². The van der Waals surface area contributed by atoms with E-state index in [2.05, 4.69) is 0 Å². The molecule has 3 heterocycles. The molecule has 6 rings (SSSR count). The quantitative estimate of drug-likeness (QED) is 0.323. The highest BCUT2D eigenvalue weighted by molar-refractivity contribution is 6.08. The van der Waals surface area contributed by atoms with Gasteiger partial charge in [0, 0.05) is 31.0 Å². The first-order chi connectivity index (χ1) is 19.6. The zero-order chi connectivity index (χ0) is 29.2. The highest BCUT2D eigenvalue weighted by Crippen LogP contribution is 2.57. The number of amides is 4. The Morgan fingerprint density at radius 1 is 0.854 bits per heavy atom. The Labute approximate surface area is 233 Å². The lowest BCUT2D eigenvalue weighted by Gasteiger charge is -2.45. The Hall–Kier alpha value is -4.48. The van der Waals surface area contributed by atoms with Crippen LogP contribution in [0.5, 0.6) is 11.5 Å². The third-order valence-electron chi connectivity index (χ3n) is 9.10. The number of imide groups is 2. The van der Waals surface area contributed by atoms with E-state index in [0.717, 1.165) is 15.4 Å². The lowest BCUT2D eigenvalue weighted by atomic mass is 9.56. The molecule has 12 heteroatoms.